The van der Waals surface area contributed by atoms with Gasteiger partial charge in [0.25, 0.3) is 0 Å². The van der Waals surface area contributed by atoms with Gasteiger partial charge in [0.1, 0.15) is 0 Å². The molecular formula is C12H24N2O. The molecule has 3 heteroatoms. The van der Waals surface area contributed by atoms with Crippen LogP contribution in [0.15, 0.2) is 0 Å². The zero-order valence-electron chi connectivity index (χ0n) is 10.3. The third kappa shape index (κ3) is 4.20. The van der Waals surface area contributed by atoms with E-state index in [1.54, 1.807) is 0 Å². The summed E-state index contributed by atoms with van der Waals surface area (Å²) >= 11 is 0. The molecule has 0 spiro atoms. The maximum atomic E-state index is 12.0. The molecule has 88 valence electrons. The van der Waals surface area contributed by atoms with Crippen molar-refractivity contribution in [3.8, 4) is 0 Å². The molecule has 1 aliphatic heterocycles. The first-order chi connectivity index (χ1) is 7.05. The Balaban J connectivity index is 2.44. The Hall–Kier alpha value is -0.570. The number of hydrogen-bond acceptors (Lipinski definition) is 2. The Morgan fingerprint density at radius 2 is 2.07 bits per heavy atom. The summed E-state index contributed by atoms with van der Waals surface area (Å²) in [7, 11) is 0. The minimum Gasteiger partial charge on any atom is -0.341 e. The van der Waals surface area contributed by atoms with Crippen LogP contribution in [-0.4, -0.2) is 37.0 Å². The van der Waals surface area contributed by atoms with Crippen molar-refractivity contribution in [2.24, 2.45) is 5.41 Å². The molecule has 1 aliphatic rings. The smallest absolute Gasteiger partial charge is 0.223 e. The molecule has 1 amide bonds. The van der Waals surface area contributed by atoms with E-state index in [0.29, 0.717) is 12.3 Å². The van der Waals surface area contributed by atoms with E-state index in [1.165, 1.54) is 0 Å². The highest BCUT2D eigenvalue weighted by Crippen LogP contribution is 2.25. The van der Waals surface area contributed by atoms with Gasteiger partial charge in [-0.3, -0.25) is 4.79 Å². The SMILES string of the molecule is CCC(C)(C)CC(=O)N1CCCNCC1. The van der Waals surface area contributed by atoms with Crippen LogP contribution in [0.1, 0.15) is 40.0 Å². The molecule has 1 rings (SSSR count). The topological polar surface area (TPSA) is 32.3 Å². The van der Waals surface area contributed by atoms with Gasteiger partial charge >= 0.3 is 0 Å². The second-order valence-electron chi connectivity index (χ2n) is 5.18. The minimum absolute atomic E-state index is 0.150. The van der Waals surface area contributed by atoms with Crippen LogP contribution in [0.3, 0.4) is 0 Å². The first-order valence-corrected chi connectivity index (χ1v) is 6.04. The molecule has 0 aromatic heterocycles. The van der Waals surface area contributed by atoms with Crippen molar-refractivity contribution in [2.75, 3.05) is 26.2 Å². The van der Waals surface area contributed by atoms with E-state index < -0.39 is 0 Å². The molecule has 0 aliphatic carbocycles. The van der Waals surface area contributed by atoms with Crippen molar-refractivity contribution in [1.82, 2.24) is 10.2 Å². The molecule has 1 heterocycles. The summed E-state index contributed by atoms with van der Waals surface area (Å²) in [6, 6.07) is 0. The van der Waals surface area contributed by atoms with Gasteiger partial charge in [-0.2, -0.15) is 0 Å². The lowest BCUT2D eigenvalue weighted by Crippen LogP contribution is -2.36. The van der Waals surface area contributed by atoms with Gasteiger partial charge in [0.15, 0.2) is 0 Å². The fraction of sp³-hybridized carbons (Fsp3) is 0.917. The summed E-state index contributed by atoms with van der Waals surface area (Å²) in [5.41, 5.74) is 0.150. The zero-order chi connectivity index (χ0) is 11.3. The Labute approximate surface area is 93.2 Å². The van der Waals surface area contributed by atoms with Crippen molar-refractivity contribution in [3.05, 3.63) is 0 Å². The van der Waals surface area contributed by atoms with E-state index in [4.69, 9.17) is 0 Å². The van der Waals surface area contributed by atoms with Crippen LogP contribution in [0, 0.1) is 5.41 Å². The molecule has 0 radical (unpaired) electrons. The monoisotopic (exact) mass is 212 g/mol. The lowest BCUT2D eigenvalue weighted by Gasteiger charge is -2.27. The standard InChI is InChI=1S/C12H24N2O/c1-4-12(2,3)10-11(15)14-8-5-6-13-7-9-14/h13H,4-10H2,1-3H3. The molecule has 15 heavy (non-hydrogen) atoms. The fourth-order valence-electron chi connectivity index (χ4n) is 1.74. The number of carbonyl (C=O) groups excluding carboxylic acids is 1. The molecule has 1 N–H and O–H groups in total. The molecule has 3 nitrogen and oxygen atoms in total. The van der Waals surface area contributed by atoms with Crippen LogP contribution in [0.2, 0.25) is 0 Å². The van der Waals surface area contributed by atoms with Gasteiger partial charge in [-0.1, -0.05) is 27.2 Å². The number of nitrogens with one attached hydrogen (secondary N) is 1. The molecule has 1 fully saturated rings. The molecule has 0 aromatic rings. The summed E-state index contributed by atoms with van der Waals surface area (Å²) in [6.07, 6.45) is 2.83. The number of nitrogens with zero attached hydrogens (tertiary/aromatic N) is 1. The molecular weight excluding hydrogens is 188 g/mol. The number of amides is 1. The van der Waals surface area contributed by atoms with E-state index >= 15 is 0 Å². The largest absolute Gasteiger partial charge is 0.341 e. The van der Waals surface area contributed by atoms with Crippen molar-refractivity contribution in [1.29, 1.82) is 0 Å². The summed E-state index contributed by atoms with van der Waals surface area (Å²) in [5.74, 6) is 0.325. The van der Waals surface area contributed by atoms with Gasteiger partial charge in [-0.15, -0.1) is 0 Å². The van der Waals surface area contributed by atoms with Crippen molar-refractivity contribution in [2.45, 2.75) is 40.0 Å². The van der Waals surface area contributed by atoms with E-state index in [0.717, 1.165) is 39.0 Å². The van der Waals surface area contributed by atoms with Gasteiger partial charge in [0, 0.05) is 26.1 Å². The van der Waals surface area contributed by atoms with Crippen LogP contribution in [0.5, 0.6) is 0 Å². The normalized spacial score (nSPS) is 18.7. The molecule has 0 aromatic carbocycles. The van der Waals surface area contributed by atoms with Gasteiger partial charge in [-0.05, 0) is 18.4 Å². The highest BCUT2D eigenvalue weighted by molar-refractivity contribution is 5.76. The molecule has 0 saturated carbocycles. The Kier molecular flexibility index (Phi) is 4.58. The van der Waals surface area contributed by atoms with E-state index in [2.05, 4.69) is 26.1 Å². The van der Waals surface area contributed by atoms with Gasteiger partial charge < -0.3 is 10.2 Å². The highest BCUT2D eigenvalue weighted by atomic mass is 16.2. The fourth-order valence-corrected chi connectivity index (χ4v) is 1.74. The molecule has 0 bridgehead atoms. The second kappa shape index (κ2) is 5.50. The maximum Gasteiger partial charge on any atom is 0.223 e. The first kappa shape index (κ1) is 12.5. The molecule has 1 saturated heterocycles. The maximum absolute atomic E-state index is 12.0. The van der Waals surface area contributed by atoms with Gasteiger partial charge in [-0.25, -0.2) is 0 Å². The predicted octanol–water partition coefficient (Wildman–Crippen LogP) is 1.63. The third-order valence-corrected chi connectivity index (χ3v) is 3.28. The molecule has 0 unspecified atom stereocenters. The number of hydrogen-bond donors (Lipinski definition) is 1. The van der Waals surface area contributed by atoms with Crippen molar-refractivity contribution < 1.29 is 4.79 Å². The second-order valence-corrected chi connectivity index (χ2v) is 5.18. The van der Waals surface area contributed by atoms with E-state index in [1.807, 2.05) is 4.90 Å². The van der Waals surface area contributed by atoms with Crippen LogP contribution >= 0.6 is 0 Å². The third-order valence-electron chi connectivity index (χ3n) is 3.28. The van der Waals surface area contributed by atoms with Crippen LogP contribution < -0.4 is 5.32 Å². The lowest BCUT2D eigenvalue weighted by atomic mass is 9.86. The number of rotatable bonds is 3. The van der Waals surface area contributed by atoms with Gasteiger partial charge in [0.05, 0.1) is 0 Å². The van der Waals surface area contributed by atoms with E-state index in [-0.39, 0.29) is 5.41 Å². The summed E-state index contributed by atoms with van der Waals surface area (Å²) in [6.45, 7) is 10.3. The number of carbonyl (C=O) groups is 1. The average Bonchev–Trinajstić information content (AvgIpc) is 2.45. The lowest BCUT2D eigenvalue weighted by molar-refractivity contribution is -0.133. The Bertz CT molecular complexity index is 206. The quantitative estimate of drug-likeness (QED) is 0.771. The van der Waals surface area contributed by atoms with Gasteiger partial charge in [0.2, 0.25) is 5.91 Å². The van der Waals surface area contributed by atoms with Crippen LogP contribution in [-0.2, 0) is 4.79 Å². The molecule has 0 atom stereocenters. The van der Waals surface area contributed by atoms with Crippen molar-refractivity contribution >= 4 is 5.91 Å². The average molecular weight is 212 g/mol. The summed E-state index contributed by atoms with van der Waals surface area (Å²) < 4.78 is 0. The summed E-state index contributed by atoms with van der Waals surface area (Å²) in [4.78, 5) is 14.0. The highest BCUT2D eigenvalue weighted by Gasteiger charge is 2.23. The van der Waals surface area contributed by atoms with Crippen molar-refractivity contribution in [3.63, 3.8) is 0 Å². The Morgan fingerprint density at radius 1 is 1.33 bits per heavy atom. The first-order valence-electron chi connectivity index (χ1n) is 6.04. The zero-order valence-corrected chi connectivity index (χ0v) is 10.3. The van der Waals surface area contributed by atoms with Crippen LogP contribution in [0.25, 0.3) is 0 Å². The minimum atomic E-state index is 0.150. The summed E-state index contributed by atoms with van der Waals surface area (Å²) in [5, 5.41) is 3.32. The predicted molar refractivity (Wildman–Crippen MR) is 62.8 cm³/mol. The van der Waals surface area contributed by atoms with Crippen LogP contribution in [0.4, 0.5) is 0 Å². The Morgan fingerprint density at radius 3 is 2.73 bits per heavy atom. The van der Waals surface area contributed by atoms with E-state index in [9.17, 15) is 4.79 Å².